The fourth-order valence-corrected chi connectivity index (χ4v) is 3.31. The molecule has 3 rings (SSSR count). The number of likely N-dealkylation sites (tertiary alicyclic amines) is 1. The number of anilines is 1. The summed E-state index contributed by atoms with van der Waals surface area (Å²) in [6.07, 6.45) is 7.78. The molecule has 0 atom stereocenters. The minimum Gasteiger partial charge on any atom is -0.399 e. The number of fused-ring (bicyclic) bond motifs is 1. The Morgan fingerprint density at radius 1 is 1.10 bits per heavy atom. The number of nitrogens with two attached hydrogens (primary N) is 1. The fourth-order valence-electron chi connectivity index (χ4n) is 3.31. The Bertz CT molecular complexity index is 577. The molecular formula is C17H25N3. The van der Waals surface area contributed by atoms with Crippen molar-refractivity contribution in [1.82, 2.24) is 9.47 Å². The van der Waals surface area contributed by atoms with Gasteiger partial charge in [0.05, 0.1) is 0 Å². The zero-order valence-corrected chi connectivity index (χ0v) is 12.4. The number of hydrogen-bond acceptors (Lipinski definition) is 2. The third kappa shape index (κ3) is 2.68. The van der Waals surface area contributed by atoms with Crippen molar-refractivity contribution in [1.29, 1.82) is 0 Å². The molecule has 20 heavy (non-hydrogen) atoms. The molecule has 0 bridgehead atoms. The van der Waals surface area contributed by atoms with Crippen LogP contribution >= 0.6 is 0 Å². The van der Waals surface area contributed by atoms with Crippen LogP contribution in [0.2, 0.25) is 0 Å². The van der Waals surface area contributed by atoms with E-state index < -0.39 is 0 Å². The highest BCUT2D eigenvalue weighted by Crippen LogP contribution is 2.26. The smallest absolute Gasteiger partial charge is 0.0485 e. The molecule has 0 amide bonds. The van der Waals surface area contributed by atoms with Gasteiger partial charge in [-0.15, -0.1) is 0 Å². The van der Waals surface area contributed by atoms with E-state index in [1.54, 1.807) is 0 Å². The van der Waals surface area contributed by atoms with E-state index in [4.69, 9.17) is 5.73 Å². The summed E-state index contributed by atoms with van der Waals surface area (Å²) in [5.41, 5.74) is 9.58. The van der Waals surface area contributed by atoms with Gasteiger partial charge in [-0.25, -0.2) is 0 Å². The normalized spacial score (nSPS) is 17.4. The lowest BCUT2D eigenvalue weighted by Crippen LogP contribution is -2.23. The van der Waals surface area contributed by atoms with Gasteiger partial charge in [0, 0.05) is 35.9 Å². The van der Waals surface area contributed by atoms with E-state index in [-0.39, 0.29) is 0 Å². The Labute approximate surface area is 121 Å². The van der Waals surface area contributed by atoms with Gasteiger partial charge in [-0.05, 0) is 56.6 Å². The molecule has 2 heterocycles. The minimum absolute atomic E-state index is 0.864. The van der Waals surface area contributed by atoms with Crippen molar-refractivity contribution >= 4 is 16.6 Å². The van der Waals surface area contributed by atoms with Crippen molar-refractivity contribution in [2.24, 2.45) is 0 Å². The lowest BCUT2D eigenvalue weighted by Gasteiger charge is -2.19. The first kappa shape index (κ1) is 13.5. The summed E-state index contributed by atoms with van der Waals surface area (Å²) < 4.78 is 2.34. The quantitative estimate of drug-likeness (QED) is 0.865. The van der Waals surface area contributed by atoms with Crippen molar-refractivity contribution in [2.75, 3.05) is 18.8 Å². The Balaban J connectivity index is 1.91. The van der Waals surface area contributed by atoms with Gasteiger partial charge >= 0.3 is 0 Å². The van der Waals surface area contributed by atoms with Gasteiger partial charge in [0.2, 0.25) is 0 Å². The van der Waals surface area contributed by atoms with E-state index in [0.29, 0.717) is 0 Å². The molecule has 1 aromatic carbocycles. The van der Waals surface area contributed by atoms with Gasteiger partial charge in [-0.1, -0.05) is 12.8 Å². The standard InChI is InChI=1S/C17H25N3/c1-2-20-13-14(12-19-9-5-3-4-6-10-19)16-11-15(18)7-8-17(16)20/h7-8,11,13H,2-6,9-10,12,18H2,1H3. The predicted octanol–water partition coefficient (Wildman–Crippen LogP) is 3.62. The second kappa shape index (κ2) is 5.88. The molecule has 0 radical (unpaired) electrons. The predicted molar refractivity (Wildman–Crippen MR) is 85.8 cm³/mol. The van der Waals surface area contributed by atoms with Crippen LogP contribution < -0.4 is 5.73 Å². The highest BCUT2D eigenvalue weighted by molar-refractivity contribution is 5.86. The van der Waals surface area contributed by atoms with E-state index >= 15 is 0 Å². The number of nitrogen functional groups attached to an aromatic ring is 1. The van der Waals surface area contributed by atoms with Crippen LogP contribution in [0.1, 0.15) is 38.2 Å². The van der Waals surface area contributed by atoms with Crippen LogP contribution in [0.5, 0.6) is 0 Å². The zero-order chi connectivity index (χ0) is 13.9. The molecule has 1 fully saturated rings. The number of aromatic nitrogens is 1. The van der Waals surface area contributed by atoms with Crippen LogP contribution in [0, 0.1) is 0 Å². The molecule has 1 aliphatic heterocycles. The zero-order valence-electron chi connectivity index (χ0n) is 12.4. The maximum atomic E-state index is 5.98. The highest BCUT2D eigenvalue weighted by Gasteiger charge is 2.13. The third-order valence-electron chi connectivity index (χ3n) is 4.42. The second-order valence-corrected chi connectivity index (χ2v) is 5.91. The van der Waals surface area contributed by atoms with Crippen molar-refractivity contribution in [3.05, 3.63) is 30.0 Å². The van der Waals surface area contributed by atoms with Crippen LogP contribution in [-0.4, -0.2) is 22.6 Å². The number of nitrogens with zero attached hydrogens (tertiary/aromatic N) is 2. The number of hydrogen-bond donors (Lipinski definition) is 1. The first-order valence-electron chi connectivity index (χ1n) is 7.87. The number of benzene rings is 1. The fraction of sp³-hybridized carbons (Fsp3) is 0.529. The molecule has 3 heteroatoms. The molecule has 108 valence electrons. The summed E-state index contributed by atoms with van der Waals surface area (Å²) in [6, 6.07) is 6.29. The van der Waals surface area contributed by atoms with Crippen molar-refractivity contribution in [3.63, 3.8) is 0 Å². The summed E-state index contributed by atoms with van der Waals surface area (Å²) in [5.74, 6) is 0. The lowest BCUT2D eigenvalue weighted by atomic mass is 10.1. The first-order chi connectivity index (χ1) is 9.78. The van der Waals surface area contributed by atoms with Gasteiger partial charge in [0.15, 0.2) is 0 Å². The van der Waals surface area contributed by atoms with Crippen LogP contribution in [-0.2, 0) is 13.1 Å². The highest BCUT2D eigenvalue weighted by atomic mass is 15.1. The molecule has 2 aromatic rings. The molecule has 0 saturated carbocycles. The van der Waals surface area contributed by atoms with Crippen LogP contribution in [0.4, 0.5) is 5.69 Å². The van der Waals surface area contributed by atoms with Gasteiger partial charge in [0.25, 0.3) is 0 Å². The molecular weight excluding hydrogens is 246 g/mol. The van der Waals surface area contributed by atoms with Crippen LogP contribution in [0.25, 0.3) is 10.9 Å². The van der Waals surface area contributed by atoms with E-state index in [1.807, 2.05) is 6.07 Å². The lowest BCUT2D eigenvalue weighted by molar-refractivity contribution is 0.278. The molecule has 3 nitrogen and oxygen atoms in total. The summed E-state index contributed by atoms with van der Waals surface area (Å²) in [5, 5.41) is 1.33. The van der Waals surface area contributed by atoms with Gasteiger partial charge in [-0.2, -0.15) is 0 Å². The second-order valence-electron chi connectivity index (χ2n) is 5.91. The van der Waals surface area contributed by atoms with Crippen molar-refractivity contribution in [3.8, 4) is 0 Å². The molecule has 2 N–H and O–H groups in total. The summed E-state index contributed by atoms with van der Waals surface area (Å²) in [6.45, 7) is 6.75. The Kier molecular flexibility index (Phi) is 3.97. The summed E-state index contributed by atoms with van der Waals surface area (Å²) in [4.78, 5) is 2.60. The minimum atomic E-state index is 0.864. The van der Waals surface area contributed by atoms with E-state index in [2.05, 4.69) is 34.7 Å². The van der Waals surface area contributed by atoms with Crippen molar-refractivity contribution < 1.29 is 0 Å². The average molecular weight is 271 g/mol. The van der Waals surface area contributed by atoms with Gasteiger partial charge < -0.3 is 10.3 Å². The SMILES string of the molecule is CCn1cc(CN2CCCCCC2)c2cc(N)ccc21. The Hall–Kier alpha value is -1.48. The van der Waals surface area contributed by atoms with Crippen molar-refractivity contribution in [2.45, 2.75) is 45.7 Å². The Morgan fingerprint density at radius 3 is 2.55 bits per heavy atom. The third-order valence-corrected chi connectivity index (χ3v) is 4.42. The summed E-state index contributed by atoms with van der Waals surface area (Å²) in [7, 11) is 0. The largest absolute Gasteiger partial charge is 0.399 e. The van der Waals surface area contributed by atoms with E-state index in [1.165, 1.54) is 55.2 Å². The molecule has 0 spiro atoms. The van der Waals surface area contributed by atoms with Gasteiger partial charge in [-0.3, -0.25) is 4.90 Å². The Morgan fingerprint density at radius 2 is 1.85 bits per heavy atom. The molecule has 0 aliphatic carbocycles. The maximum absolute atomic E-state index is 5.98. The first-order valence-corrected chi connectivity index (χ1v) is 7.87. The molecule has 1 aromatic heterocycles. The number of rotatable bonds is 3. The molecule has 1 aliphatic rings. The topological polar surface area (TPSA) is 34.2 Å². The van der Waals surface area contributed by atoms with Gasteiger partial charge in [0.1, 0.15) is 0 Å². The van der Waals surface area contributed by atoms with E-state index in [9.17, 15) is 0 Å². The van der Waals surface area contributed by atoms with E-state index in [0.717, 1.165) is 18.8 Å². The van der Waals surface area contributed by atoms with Crippen LogP contribution in [0.15, 0.2) is 24.4 Å². The average Bonchev–Trinajstić information content (AvgIpc) is 2.63. The maximum Gasteiger partial charge on any atom is 0.0485 e. The summed E-state index contributed by atoms with van der Waals surface area (Å²) >= 11 is 0. The molecule has 0 unspecified atom stereocenters. The number of aryl methyl sites for hydroxylation is 1. The molecule has 1 saturated heterocycles. The van der Waals surface area contributed by atoms with Crippen LogP contribution in [0.3, 0.4) is 0 Å². The monoisotopic (exact) mass is 271 g/mol.